The quantitative estimate of drug-likeness (QED) is 0.0785. The monoisotopic (exact) mass is 1750 g/mol. The molecule has 11 aromatic rings. The van der Waals surface area contributed by atoms with Gasteiger partial charge in [-0.2, -0.15) is 0 Å². The van der Waals surface area contributed by atoms with Gasteiger partial charge in [-0.1, -0.05) is 117 Å². The van der Waals surface area contributed by atoms with E-state index in [0.717, 1.165) is 147 Å². The van der Waals surface area contributed by atoms with E-state index in [9.17, 15) is 34.8 Å². The van der Waals surface area contributed by atoms with Gasteiger partial charge >= 0.3 is 12.1 Å². The van der Waals surface area contributed by atoms with Crippen molar-refractivity contribution in [2.45, 2.75) is 100.0 Å². The van der Waals surface area contributed by atoms with Crippen LogP contribution in [0.15, 0.2) is 238 Å². The molecule has 654 valence electrons. The Balaban J connectivity index is 0.000000128. The molecule has 0 aliphatic carbocycles. The van der Waals surface area contributed by atoms with Crippen molar-refractivity contribution in [3.63, 3.8) is 0 Å². The number of nitrogens with zero attached hydrogens (tertiary/aromatic N) is 14. The molecule has 125 heavy (non-hydrogen) atoms. The maximum atomic E-state index is 12.8. The van der Waals surface area contributed by atoms with Crippen LogP contribution in [0.5, 0.6) is 17.2 Å². The lowest BCUT2D eigenvalue weighted by atomic mass is 9.77. The number of likely N-dealkylation sites (tertiary alicyclic amines) is 3. The van der Waals surface area contributed by atoms with E-state index >= 15 is 0 Å². The van der Waals surface area contributed by atoms with Crippen molar-refractivity contribution < 1.29 is 49.1 Å². The van der Waals surface area contributed by atoms with Gasteiger partial charge in [-0.3, -0.25) is 63.3 Å². The number of ether oxygens (including phenoxy) is 3. The number of carbonyl (C=O) groups is 2. The number of methoxy groups -OCH3 is 2. The van der Waals surface area contributed by atoms with Gasteiger partial charge in [-0.15, -0.1) is 0 Å². The number of aromatic nitrogens is 8. The Bertz CT molecular complexity index is 5820. The highest BCUT2D eigenvalue weighted by atomic mass is 32.2. The Kier molecular flexibility index (Phi) is 28.1. The molecular formula is C93H108N18O11S3. The highest BCUT2D eigenvalue weighted by Gasteiger charge is 2.52. The van der Waals surface area contributed by atoms with Crippen molar-refractivity contribution in [1.29, 1.82) is 0 Å². The van der Waals surface area contributed by atoms with E-state index in [1.165, 1.54) is 73.2 Å². The fourth-order valence-corrected chi connectivity index (χ4v) is 20.6. The number of urea groups is 1. The van der Waals surface area contributed by atoms with Gasteiger partial charge in [0.05, 0.1) is 115 Å². The molecule has 3 amide bonds. The van der Waals surface area contributed by atoms with Crippen molar-refractivity contribution in [1.82, 2.24) is 59.9 Å². The molecule has 5 aromatic carbocycles. The van der Waals surface area contributed by atoms with Gasteiger partial charge in [0.1, 0.15) is 17.2 Å². The number of anilines is 6. The smallest absolute Gasteiger partial charge is 0.418 e. The Hall–Kier alpha value is -12.1. The zero-order valence-corrected chi connectivity index (χ0v) is 74.0. The van der Waals surface area contributed by atoms with Crippen LogP contribution in [-0.2, 0) is 64.8 Å². The van der Waals surface area contributed by atoms with Crippen molar-refractivity contribution >= 4 is 76.6 Å². The average molecular weight is 1750 g/mol. The van der Waals surface area contributed by atoms with Crippen LogP contribution in [0.3, 0.4) is 0 Å². The first-order chi connectivity index (χ1) is 60.4. The Morgan fingerprint density at radius 2 is 0.776 bits per heavy atom. The van der Waals surface area contributed by atoms with Gasteiger partial charge in [0.2, 0.25) is 30.1 Å². The Morgan fingerprint density at radius 1 is 0.400 bits per heavy atom. The van der Waals surface area contributed by atoms with E-state index in [-0.39, 0.29) is 27.7 Å². The Labute approximate surface area is 732 Å². The molecule has 19 rings (SSSR count). The number of rotatable bonds is 14. The predicted molar refractivity (Wildman–Crippen MR) is 488 cm³/mol. The van der Waals surface area contributed by atoms with Crippen LogP contribution in [0, 0.1) is 0 Å². The number of carbonyl (C=O) groups excluding carboxylic acids is 2. The number of benzene rings is 5. The third kappa shape index (κ3) is 21.1. The van der Waals surface area contributed by atoms with Crippen LogP contribution in [0.1, 0.15) is 99.1 Å². The molecule has 4 fully saturated rings. The van der Waals surface area contributed by atoms with Gasteiger partial charge in [-0.05, 0) is 187 Å². The van der Waals surface area contributed by atoms with E-state index in [1.54, 1.807) is 98.8 Å². The number of nitrogens with one attached hydrogen (secondary N) is 4. The van der Waals surface area contributed by atoms with Crippen molar-refractivity contribution in [2.24, 2.45) is 0 Å². The molecule has 6 aromatic heterocycles. The van der Waals surface area contributed by atoms with E-state index in [1.807, 2.05) is 135 Å². The molecule has 4 saturated heterocycles. The van der Waals surface area contributed by atoms with Crippen LogP contribution in [0.25, 0.3) is 22.5 Å². The minimum atomic E-state index is -3.40. The van der Waals surface area contributed by atoms with Crippen LogP contribution in [-0.4, -0.2) is 203 Å². The number of pyridine rings is 4. The number of fused-ring (bicyclic) bond motifs is 8. The molecule has 0 bridgehead atoms. The van der Waals surface area contributed by atoms with Gasteiger partial charge < -0.3 is 29.7 Å². The summed E-state index contributed by atoms with van der Waals surface area (Å²) < 4.78 is 93.0. The SMILES string of the molecule is CC.COc1ccc(CN2CCC3(CC2)CN(S(C)(=O)=O)c2cccnc23)cc1.COc1ccc(CN2CCC3(CC2)CNc2cccnc23)cc1.CS(=O)(=O)N1CC2(CCN(C(=O)Nc3cnc(-c4ccccc4)cn3)CC2)c2ncccc21.CS(=O)(=O)N1CC2(CCNCC2)c2ncccc21.O=C(Nc1cnc(-c2ccccc2)cn1)Oc1ccccc1. The second-order valence-electron chi connectivity index (χ2n) is 32.3. The lowest BCUT2D eigenvalue weighted by Gasteiger charge is -2.39. The summed E-state index contributed by atoms with van der Waals surface area (Å²) in [5.74, 6) is 2.97. The standard InChI is InChI=1S/C23H24N6O3S.C20H25N3O3S.C19H23N3O.C17H13N3O2.C12H17N3O2S.C2H6/c1-33(31,32)29-16-23(21-19(29)8-5-11-24-21)9-12-28(13-10-23)22(30)27-20-15-25-18(14-26-20)17-6-3-2-4-7-17;1-26-17-7-5-16(6-8-17)14-22-12-9-20(10-13-22)15-23(27(2,24)25)18-4-3-11-21-19(18)20;1-23-16-6-4-15(5-7-16)13-22-11-8-19(9-12-22)14-21-17-3-2-10-20-18(17)19;21-17(22-14-9-5-2-6-10-14)20-16-12-18-15(11-19-16)13-7-3-1-4-8-13;1-18(16,17)15-9-12(4-7-13-8-5-12)11-10(15)3-2-6-14-11;1-2/h2-8,11,14-15H,9-10,12-13,16H2,1H3,(H,26,27,30);3-8,11H,9-10,12-15H2,1-2H3;2-7,10,21H,8-9,11-14H2,1H3;1-12H,(H,19,20,21);2-3,6,13H,4-5,7-9H2,1H3;1-2H3. The summed E-state index contributed by atoms with van der Waals surface area (Å²) in [5, 5.41) is 12.2. The first-order valence-electron chi connectivity index (χ1n) is 42.2. The molecule has 8 aliphatic heterocycles. The van der Waals surface area contributed by atoms with Gasteiger partial charge in [0.15, 0.2) is 11.6 Å². The summed E-state index contributed by atoms with van der Waals surface area (Å²) in [4.78, 5) is 66.7. The first-order valence-corrected chi connectivity index (χ1v) is 47.7. The number of hydrogen-bond acceptors (Lipinski definition) is 23. The third-order valence-electron chi connectivity index (χ3n) is 24.3. The number of piperidine rings is 4. The summed E-state index contributed by atoms with van der Waals surface area (Å²) in [6, 6.07) is 59.6. The fourth-order valence-electron chi connectivity index (χ4n) is 17.6. The molecule has 0 unspecified atom stereocenters. The van der Waals surface area contributed by atoms with Crippen LogP contribution < -0.4 is 48.4 Å². The van der Waals surface area contributed by atoms with Crippen molar-refractivity contribution in [2.75, 3.05) is 140 Å². The van der Waals surface area contributed by atoms with Crippen molar-refractivity contribution in [3.8, 4) is 39.8 Å². The second-order valence-corrected chi connectivity index (χ2v) is 38.1. The van der Waals surface area contributed by atoms with E-state index < -0.39 is 36.2 Å². The molecule has 8 aliphatic rings. The maximum absolute atomic E-state index is 12.8. The largest absolute Gasteiger partial charge is 0.497 e. The first kappa shape index (κ1) is 89.2. The number of hydrogen-bond donors (Lipinski definition) is 4. The van der Waals surface area contributed by atoms with E-state index in [4.69, 9.17) is 14.2 Å². The third-order valence-corrected chi connectivity index (χ3v) is 27.7. The minimum Gasteiger partial charge on any atom is -0.497 e. The molecule has 0 saturated carbocycles. The highest BCUT2D eigenvalue weighted by molar-refractivity contribution is 7.92. The second kappa shape index (κ2) is 39.4. The van der Waals surface area contributed by atoms with E-state index in [0.29, 0.717) is 68.6 Å². The van der Waals surface area contributed by atoms with Crippen LogP contribution >= 0.6 is 0 Å². The number of sulfonamides is 3. The predicted octanol–water partition coefficient (Wildman–Crippen LogP) is 13.6. The van der Waals surface area contributed by atoms with Crippen LogP contribution in [0.4, 0.5) is 44.0 Å². The molecule has 29 nitrogen and oxygen atoms in total. The maximum Gasteiger partial charge on any atom is 0.418 e. The van der Waals surface area contributed by atoms with Gasteiger partial charge in [0.25, 0.3) is 0 Å². The number of para-hydroxylation sites is 1. The topological polar surface area (TPSA) is 335 Å². The minimum absolute atomic E-state index is 0.0923. The zero-order chi connectivity index (χ0) is 87.8. The Morgan fingerprint density at radius 3 is 1.18 bits per heavy atom. The van der Waals surface area contributed by atoms with Crippen molar-refractivity contribution in [3.05, 3.63) is 272 Å². The molecule has 4 spiro atoms. The lowest BCUT2D eigenvalue weighted by Crippen LogP contribution is -2.49. The zero-order valence-electron chi connectivity index (χ0n) is 71.5. The summed E-state index contributed by atoms with van der Waals surface area (Å²) in [6.45, 7) is 15.3. The van der Waals surface area contributed by atoms with Gasteiger partial charge in [-0.25, -0.2) is 44.8 Å². The number of amides is 3. The molecule has 4 N–H and O–H groups in total. The summed E-state index contributed by atoms with van der Waals surface area (Å²) in [7, 11) is -6.53. The normalized spacial score (nSPS) is 17.2. The van der Waals surface area contributed by atoms with Crippen LogP contribution in [0.2, 0.25) is 0 Å². The fraction of sp³-hybridized carbons (Fsp3) is 0.355. The molecule has 32 heteroatoms. The van der Waals surface area contributed by atoms with E-state index in [2.05, 4.69) is 101 Å². The summed E-state index contributed by atoms with van der Waals surface area (Å²) in [5.41, 5.74) is 13.0. The summed E-state index contributed by atoms with van der Waals surface area (Å²) in [6.07, 6.45) is 24.0. The lowest BCUT2D eigenvalue weighted by molar-refractivity contribution is 0.159. The molecular weight excluding hydrogens is 1640 g/mol. The highest BCUT2D eigenvalue weighted by Crippen LogP contribution is 2.50. The summed E-state index contributed by atoms with van der Waals surface area (Å²) >= 11 is 0. The molecule has 0 radical (unpaired) electrons. The molecule has 0 atom stereocenters. The average Bonchev–Trinajstić information content (AvgIpc) is 1.59. The van der Waals surface area contributed by atoms with Gasteiger partial charge in [0, 0.05) is 110 Å². The molecule has 14 heterocycles.